The second-order valence-electron chi connectivity index (χ2n) is 4.28. The zero-order chi connectivity index (χ0) is 12.1. The van der Waals surface area contributed by atoms with Gasteiger partial charge >= 0.3 is 0 Å². The van der Waals surface area contributed by atoms with Crippen molar-refractivity contribution >= 4 is 17.2 Å². The summed E-state index contributed by atoms with van der Waals surface area (Å²) in [6.07, 6.45) is 0. The lowest BCUT2D eigenvalue weighted by atomic mass is 10.2. The van der Waals surface area contributed by atoms with E-state index in [9.17, 15) is 4.79 Å². The Morgan fingerprint density at radius 1 is 1.56 bits per heavy atom. The Hall–Kier alpha value is -0.940. The van der Waals surface area contributed by atoms with Crippen molar-refractivity contribution in [3.63, 3.8) is 0 Å². The molecule has 0 radical (unpaired) electrons. The molecule has 1 N–H and O–H groups in total. The predicted molar refractivity (Wildman–Crippen MR) is 67.1 cm³/mol. The maximum atomic E-state index is 11.7. The number of rotatable bonds is 5. The van der Waals surface area contributed by atoms with Gasteiger partial charge in [-0.1, -0.05) is 13.8 Å². The zero-order valence-electron chi connectivity index (χ0n) is 10.3. The second kappa shape index (κ2) is 5.96. The molecule has 0 atom stereocenters. The maximum absolute atomic E-state index is 11.7. The molecule has 1 rings (SSSR count). The van der Waals surface area contributed by atoms with Crippen LogP contribution < -0.4 is 5.32 Å². The van der Waals surface area contributed by atoms with Crippen molar-refractivity contribution in [2.75, 3.05) is 27.2 Å². The van der Waals surface area contributed by atoms with Gasteiger partial charge in [-0.2, -0.15) is 0 Å². The van der Waals surface area contributed by atoms with E-state index in [2.05, 4.69) is 24.1 Å². The standard InChI is InChI=1S/C11H19N3OS/c1-8(2)11-13-9(7-16-11)10(15)12-5-6-14(3)4/h7-8H,5-6H2,1-4H3,(H,12,15). The molecule has 5 heteroatoms. The summed E-state index contributed by atoms with van der Waals surface area (Å²) in [5.41, 5.74) is 0.535. The number of carbonyl (C=O) groups excluding carboxylic acids is 1. The Balaban J connectivity index is 2.46. The first-order chi connectivity index (χ1) is 7.50. The zero-order valence-corrected chi connectivity index (χ0v) is 11.1. The summed E-state index contributed by atoms with van der Waals surface area (Å²) in [6, 6.07) is 0. The molecule has 1 amide bonds. The van der Waals surface area contributed by atoms with Gasteiger partial charge in [0, 0.05) is 24.4 Å². The highest BCUT2D eigenvalue weighted by Gasteiger charge is 2.11. The van der Waals surface area contributed by atoms with E-state index in [-0.39, 0.29) is 5.91 Å². The first-order valence-electron chi connectivity index (χ1n) is 5.39. The fraction of sp³-hybridized carbons (Fsp3) is 0.636. The third kappa shape index (κ3) is 3.90. The van der Waals surface area contributed by atoms with Gasteiger partial charge in [0.1, 0.15) is 5.69 Å². The van der Waals surface area contributed by atoms with Gasteiger partial charge in [-0.25, -0.2) is 4.98 Å². The highest BCUT2D eigenvalue weighted by Crippen LogP contribution is 2.18. The molecule has 0 aromatic carbocycles. The van der Waals surface area contributed by atoms with Crippen LogP contribution in [0.4, 0.5) is 0 Å². The summed E-state index contributed by atoms with van der Waals surface area (Å²) >= 11 is 1.54. The minimum atomic E-state index is -0.0787. The molecule has 1 aromatic rings. The van der Waals surface area contributed by atoms with E-state index < -0.39 is 0 Å². The van der Waals surface area contributed by atoms with E-state index in [1.165, 1.54) is 0 Å². The highest BCUT2D eigenvalue weighted by atomic mass is 32.1. The molecule has 1 aromatic heterocycles. The van der Waals surface area contributed by atoms with E-state index in [1.807, 2.05) is 24.4 Å². The average molecular weight is 241 g/mol. The van der Waals surface area contributed by atoms with Crippen molar-refractivity contribution in [2.45, 2.75) is 19.8 Å². The molecule has 0 saturated carbocycles. The number of aromatic nitrogens is 1. The third-order valence-electron chi connectivity index (χ3n) is 2.09. The summed E-state index contributed by atoms with van der Waals surface area (Å²) in [4.78, 5) is 18.0. The van der Waals surface area contributed by atoms with Crippen LogP contribution in [0.15, 0.2) is 5.38 Å². The van der Waals surface area contributed by atoms with Crippen LogP contribution in [0, 0.1) is 0 Å². The molecule has 0 aliphatic heterocycles. The molecule has 0 unspecified atom stereocenters. The first-order valence-corrected chi connectivity index (χ1v) is 6.27. The van der Waals surface area contributed by atoms with Gasteiger partial charge < -0.3 is 10.2 Å². The lowest BCUT2D eigenvalue weighted by Crippen LogP contribution is -2.31. The number of thiazole rings is 1. The molecule has 0 bridgehead atoms. The van der Waals surface area contributed by atoms with E-state index in [0.717, 1.165) is 11.6 Å². The van der Waals surface area contributed by atoms with Gasteiger partial charge in [0.15, 0.2) is 0 Å². The van der Waals surface area contributed by atoms with Gasteiger partial charge in [0.25, 0.3) is 5.91 Å². The van der Waals surface area contributed by atoms with Crippen molar-refractivity contribution in [1.29, 1.82) is 0 Å². The Labute approximate surface area is 101 Å². The van der Waals surface area contributed by atoms with Crippen LogP contribution >= 0.6 is 11.3 Å². The molecule has 90 valence electrons. The van der Waals surface area contributed by atoms with Gasteiger partial charge in [0.2, 0.25) is 0 Å². The number of hydrogen-bond acceptors (Lipinski definition) is 4. The molecule has 0 spiro atoms. The van der Waals surface area contributed by atoms with E-state index in [1.54, 1.807) is 11.3 Å². The smallest absolute Gasteiger partial charge is 0.270 e. The fourth-order valence-electron chi connectivity index (χ4n) is 1.14. The summed E-state index contributed by atoms with van der Waals surface area (Å²) in [5, 5.41) is 5.68. The normalized spacial score (nSPS) is 11.1. The SMILES string of the molecule is CC(C)c1nc(C(=O)NCCN(C)C)cs1. The predicted octanol–water partition coefficient (Wildman–Crippen LogP) is 1.56. The summed E-state index contributed by atoms with van der Waals surface area (Å²) in [5.74, 6) is 0.304. The summed E-state index contributed by atoms with van der Waals surface area (Å²) in [6.45, 7) is 5.65. The lowest BCUT2D eigenvalue weighted by Gasteiger charge is -2.09. The van der Waals surface area contributed by atoms with Gasteiger partial charge in [-0.15, -0.1) is 11.3 Å². The Morgan fingerprint density at radius 3 is 2.75 bits per heavy atom. The van der Waals surface area contributed by atoms with Crippen molar-refractivity contribution in [2.24, 2.45) is 0 Å². The summed E-state index contributed by atoms with van der Waals surface area (Å²) in [7, 11) is 3.96. The van der Waals surface area contributed by atoms with Crippen molar-refractivity contribution < 1.29 is 4.79 Å². The molecular weight excluding hydrogens is 222 g/mol. The number of carbonyl (C=O) groups is 1. The van der Waals surface area contributed by atoms with Gasteiger partial charge in [-0.3, -0.25) is 4.79 Å². The van der Waals surface area contributed by atoms with Crippen LogP contribution in [0.1, 0.15) is 35.3 Å². The number of amides is 1. The Kier molecular flexibility index (Phi) is 4.89. The maximum Gasteiger partial charge on any atom is 0.270 e. The number of nitrogens with zero attached hydrogens (tertiary/aromatic N) is 2. The van der Waals surface area contributed by atoms with E-state index in [4.69, 9.17) is 0 Å². The largest absolute Gasteiger partial charge is 0.349 e. The quantitative estimate of drug-likeness (QED) is 0.851. The van der Waals surface area contributed by atoms with Crippen LogP contribution in [0.25, 0.3) is 0 Å². The molecular formula is C11H19N3OS. The van der Waals surface area contributed by atoms with Crippen molar-refractivity contribution in [3.8, 4) is 0 Å². The van der Waals surface area contributed by atoms with Crippen LogP contribution in [-0.4, -0.2) is 43.0 Å². The monoisotopic (exact) mass is 241 g/mol. The number of hydrogen-bond donors (Lipinski definition) is 1. The number of likely N-dealkylation sites (N-methyl/N-ethyl adjacent to an activating group) is 1. The molecule has 0 fully saturated rings. The third-order valence-corrected chi connectivity index (χ3v) is 3.24. The lowest BCUT2D eigenvalue weighted by molar-refractivity contribution is 0.0946. The summed E-state index contributed by atoms with van der Waals surface area (Å²) < 4.78 is 0. The fourth-order valence-corrected chi connectivity index (χ4v) is 1.96. The second-order valence-corrected chi connectivity index (χ2v) is 5.17. The molecule has 1 heterocycles. The average Bonchev–Trinajstić information content (AvgIpc) is 2.65. The highest BCUT2D eigenvalue weighted by molar-refractivity contribution is 7.09. The Morgan fingerprint density at radius 2 is 2.25 bits per heavy atom. The van der Waals surface area contributed by atoms with Crippen LogP contribution in [0.5, 0.6) is 0 Å². The Bertz CT molecular complexity index is 347. The van der Waals surface area contributed by atoms with Crippen molar-refractivity contribution in [1.82, 2.24) is 15.2 Å². The van der Waals surface area contributed by atoms with Crippen LogP contribution in [0.3, 0.4) is 0 Å². The minimum absolute atomic E-state index is 0.0787. The minimum Gasteiger partial charge on any atom is -0.349 e. The molecule has 0 aliphatic rings. The molecule has 0 saturated heterocycles. The number of nitrogens with one attached hydrogen (secondary N) is 1. The van der Waals surface area contributed by atoms with Crippen LogP contribution in [-0.2, 0) is 0 Å². The first kappa shape index (κ1) is 13.1. The van der Waals surface area contributed by atoms with Crippen LogP contribution in [0.2, 0.25) is 0 Å². The van der Waals surface area contributed by atoms with E-state index >= 15 is 0 Å². The van der Waals surface area contributed by atoms with Gasteiger partial charge in [-0.05, 0) is 14.1 Å². The molecule has 16 heavy (non-hydrogen) atoms. The van der Waals surface area contributed by atoms with Gasteiger partial charge in [0.05, 0.1) is 5.01 Å². The molecule has 0 aliphatic carbocycles. The topological polar surface area (TPSA) is 45.2 Å². The molecule has 4 nitrogen and oxygen atoms in total. The van der Waals surface area contributed by atoms with Crippen molar-refractivity contribution in [3.05, 3.63) is 16.1 Å². The van der Waals surface area contributed by atoms with E-state index in [0.29, 0.717) is 18.2 Å².